The van der Waals surface area contributed by atoms with Crippen LogP contribution >= 0.6 is 11.6 Å². The van der Waals surface area contributed by atoms with Gasteiger partial charge in [-0.15, -0.1) is 0 Å². The minimum absolute atomic E-state index is 0.121. The Labute approximate surface area is 139 Å². The summed E-state index contributed by atoms with van der Waals surface area (Å²) in [6, 6.07) is 10.7. The first-order valence-corrected chi connectivity index (χ1v) is 7.35. The Bertz CT molecular complexity index is 710. The van der Waals surface area contributed by atoms with Gasteiger partial charge < -0.3 is 10.6 Å². The molecule has 0 bridgehead atoms. The fourth-order valence-corrected chi connectivity index (χ4v) is 1.92. The summed E-state index contributed by atoms with van der Waals surface area (Å²) in [5, 5.41) is 5.86. The topological polar surface area (TPSA) is 71.1 Å². The fraction of sp³-hybridized carbons (Fsp3) is 0.118. The zero-order valence-electron chi connectivity index (χ0n) is 12.5. The van der Waals surface area contributed by atoms with E-state index in [-0.39, 0.29) is 11.8 Å². The molecule has 0 atom stereocenters. The lowest BCUT2D eigenvalue weighted by molar-refractivity contribution is -0.116. The summed E-state index contributed by atoms with van der Waals surface area (Å²) in [5.74, 6) is -0.324. The number of hydrogen-bond acceptors (Lipinski definition) is 3. The van der Waals surface area contributed by atoms with Crippen LogP contribution < -0.4 is 10.6 Å². The molecule has 0 aliphatic rings. The molecule has 2 amide bonds. The van der Waals surface area contributed by atoms with E-state index >= 15 is 0 Å². The summed E-state index contributed by atoms with van der Waals surface area (Å²) in [6.07, 6.45) is 4.77. The number of nitrogens with zero attached hydrogens (tertiary/aromatic N) is 1. The molecule has 0 saturated heterocycles. The van der Waals surface area contributed by atoms with Gasteiger partial charge in [-0.3, -0.25) is 9.59 Å². The van der Waals surface area contributed by atoms with Gasteiger partial charge in [0.25, 0.3) is 0 Å². The summed E-state index contributed by atoms with van der Waals surface area (Å²) in [7, 11) is 0. The van der Waals surface area contributed by atoms with Gasteiger partial charge in [0.15, 0.2) is 0 Å². The first-order valence-electron chi connectivity index (χ1n) is 6.97. The van der Waals surface area contributed by atoms with Crippen molar-refractivity contribution in [3.63, 3.8) is 0 Å². The summed E-state index contributed by atoms with van der Waals surface area (Å²) in [4.78, 5) is 26.6. The number of carbonyl (C=O) groups excluding carboxylic acids is 2. The molecule has 0 saturated carbocycles. The van der Waals surface area contributed by atoms with Crippen molar-refractivity contribution in [2.75, 3.05) is 5.32 Å². The molecule has 2 N–H and O–H groups in total. The summed E-state index contributed by atoms with van der Waals surface area (Å²) >= 11 is 5.70. The van der Waals surface area contributed by atoms with Crippen molar-refractivity contribution in [1.82, 2.24) is 10.3 Å². The van der Waals surface area contributed by atoms with E-state index in [4.69, 9.17) is 11.6 Å². The highest BCUT2D eigenvalue weighted by molar-refractivity contribution is 6.29. The lowest BCUT2D eigenvalue weighted by Crippen LogP contribution is -2.20. The molecule has 0 aliphatic carbocycles. The molecule has 2 aromatic rings. The third-order valence-electron chi connectivity index (χ3n) is 2.91. The minimum atomic E-state index is -0.203. The lowest BCUT2D eigenvalue weighted by Gasteiger charge is -2.03. The van der Waals surface area contributed by atoms with Crippen molar-refractivity contribution in [2.24, 2.45) is 0 Å². The van der Waals surface area contributed by atoms with Crippen LogP contribution in [0.3, 0.4) is 0 Å². The molecular formula is C17H16ClN3O2. The third-order valence-corrected chi connectivity index (χ3v) is 3.14. The second-order valence-electron chi connectivity index (χ2n) is 4.84. The van der Waals surface area contributed by atoms with Gasteiger partial charge in [-0.25, -0.2) is 4.98 Å². The molecule has 5 nitrogen and oxygen atoms in total. The zero-order valence-corrected chi connectivity index (χ0v) is 13.3. The standard InChI is InChI=1S/C17H16ClN3O2/c1-12(22)21-15-6-2-13(3-7-15)5-9-17(23)20-11-14-4-8-16(18)19-10-14/h2-10H,11H2,1H3,(H,20,23)(H,21,22). The van der Waals surface area contributed by atoms with Crippen LogP contribution in [0.2, 0.25) is 5.15 Å². The predicted octanol–water partition coefficient (Wildman–Crippen LogP) is 3.02. The quantitative estimate of drug-likeness (QED) is 0.654. The predicted molar refractivity (Wildman–Crippen MR) is 90.9 cm³/mol. The average molecular weight is 330 g/mol. The number of pyridine rings is 1. The van der Waals surface area contributed by atoms with E-state index in [9.17, 15) is 9.59 Å². The molecule has 1 aromatic carbocycles. The van der Waals surface area contributed by atoms with Crippen LogP contribution in [0.1, 0.15) is 18.1 Å². The van der Waals surface area contributed by atoms with E-state index in [1.807, 2.05) is 12.1 Å². The Morgan fingerprint density at radius 1 is 1.17 bits per heavy atom. The number of anilines is 1. The van der Waals surface area contributed by atoms with Crippen molar-refractivity contribution in [3.05, 3.63) is 65.0 Å². The van der Waals surface area contributed by atoms with Gasteiger partial charge in [0.1, 0.15) is 5.15 Å². The second-order valence-corrected chi connectivity index (χ2v) is 5.23. The van der Waals surface area contributed by atoms with E-state index in [0.717, 1.165) is 11.1 Å². The van der Waals surface area contributed by atoms with Gasteiger partial charge in [0.05, 0.1) is 0 Å². The maximum absolute atomic E-state index is 11.8. The van der Waals surface area contributed by atoms with Gasteiger partial charge in [0, 0.05) is 31.4 Å². The highest BCUT2D eigenvalue weighted by Gasteiger charge is 1.98. The number of hydrogen-bond donors (Lipinski definition) is 2. The van der Waals surface area contributed by atoms with Crippen molar-refractivity contribution in [2.45, 2.75) is 13.5 Å². The SMILES string of the molecule is CC(=O)Nc1ccc(C=CC(=O)NCc2ccc(Cl)nc2)cc1. The Kier molecular flexibility index (Phi) is 5.88. The zero-order chi connectivity index (χ0) is 16.7. The second kappa shape index (κ2) is 8.10. The van der Waals surface area contributed by atoms with Crippen LogP contribution in [0.25, 0.3) is 6.08 Å². The average Bonchev–Trinajstić information content (AvgIpc) is 2.53. The Morgan fingerprint density at radius 2 is 1.91 bits per heavy atom. The molecule has 2 rings (SSSR count). The maximum Gasteiger partial charge on any atom is 0.244 e. The number of benzene rings is 1. The van der Waals surface area contributed by atoms with Crippen LogP contribution in [0, 0.1) is 0 Å². The number of carbonyl (C=O) groups is 2. The van der Waals surface area contributed by atoms with Gasteiger partial charge in [-0.2, -0.15) is 0 Å². The van der Waals surface area contributed by atoms with E-state index in [1.54, 1.807) is 36.5 Å². The third kappa shape index (κ3) is 5.92. The van der Waals surface area contributed by atoms with Gasteiger partial charge in [-0.05, 0) is 35.4 Å². The monoisotopic (exact) mass is 329 g/mol. The van der Waals surface area contributed by atoms with Crippen LogP contribution in [-0.4, -0.2) is 16.8 Å². The molecule has 1 aromatic heterocycles. The lowest BCUT2D eigenvalue weighted by atomic mass is 10.2. The maximum atomic E-state index is 11.8. The molecule has 1 heterocycles. The largest absolute Gasteiger partial charge is 0.348 e. The summed E-state index contributed by atoms with van der Waals surface area (Å²) in [6.45, 7) is 1.84. The molecule has 0 radical (unpaired) electrons. The highest BCUT2D eigenvalue weighted by Crippen LogP contribution is 2.10. The molecule has 0 fully saturated rings. The minimum Gasteiger partial charge on any atom is -0.348 e. The molecule has 0 unspecified atom stereocenters. The van der Waals surface area contributed by atoms with Gasteiger partial charge >= 0.3 is 0 Å². The van der Waals surface area contributed by atoms with Crippen molar-refractivity contribution in [3.8, 4) is 0 Å². The first-order chi connectivity index (χ1) is 11.0. The van der Waals surface area contributed by atoms with E-state index in [2.05, 4.69) is 15.6 Å². The van der Waals surface area contributed by atoms with Crippen LogP contribution in [-0.2, 0) is 16.1 Å². The van der Waals surface area contributed by atoms with Crippen molar-refractivity contribution in [1.29, 1.82) is 0 Å². The van der Waals surface area contributed by atoms with Gasteiger partial charge in [-0.1, -0.05) is 29.8 Å². The Morgan fingerprint density at radius 3 is 2.52 bits per heavy atom. The van der Waals surface area contributed by atoms with E-state index in [1.165, 1.54) is 13.0 Å². The van der Waals surface area contributed by atoms with E-state index < -0.39 is 0 Å². The Balaban J connectivity index is 1.85. The van der Waals surface area contributed by atoms with E-state index in [0.29, 0.717) is 17.4 Å². The fourth-order valence-electron chi connectivity index (χ4n) is 1.81. The number of nitrogens with one attached hydrogen (secondary N) is 2. The van der Waals surface area contributed by atoms with Crippen molar-refractivity contribution >= 4 is 35.2 Å². The molecule has 0 spiro atoms. The number of rotatable bonds is 5. The molecule has 23 heavy (non-hydrogen) atoms. The molecule has 6 heteroatoms. The number of halogens is 1. The van der Waals surface area contributed by atoms with Crippen LogP contribution in [0.15, 0.2) is 48.7 Å². The molecular weight excluding hydrogens is 314 g/mol. The van der Waals surface area contributed by atoms with Crippen LogP contribution in [0.4, 0.5) is 5.69 Å². The number of amides is 2. The molecule has 0 aliphatic heterocycles. The summed E-state index contributed by atoms with van der Waals surface area (Å²) in [5.41, 5.74) is 2.45. The van der Waals surface area contributed by atoms with Crippen LogP contribution in [0.5, 0.6) is 0 Å². The summed E-state index contributed by atoms with van der Waals surface area (Å²) < 4.78 is 0. The normalized spacial score (nSPS) is 10.5. The smallest absolute Gasteiger partial charge is 0.244 e. The molecule has 118 valence electrons. The highest BCUT2D eigenvalue weighted by atomic mass is 35.5. The first kappa shape index (κ1) is 16.7. The van der Waals surface area contributed by atoms with Gasteiger partial charge in [0.2, 0.25) is 11.8 Å². The Hall–Kier alpha value is -2.66. The van der Waals surface area contributed by atoms with Crippen molar-refractivity contribution < 1.29 is 9.59 Å². The number of aromatic nitrogens is 1.